The highest BCUT2D eigenvalue weighted by Crippen LogP contribution is 2.23. The average molecular weight is 297 g/mol. The Kier molecular flexibility index (Phi) is 4.23. The standard InChI is InChI=1S/C17H19N3O2/c1-3-4-11-22-17-10-9-16-18-12-15(20(16)19-17)13-5-7-14(21-2)8-6-13/h5-10,12H,3-4,11H2,1-2H3. The lowest BCUT2D eigenvalue weighted by Crippen LogP contribution is -2.02. The smallest absolute Gasteiger partial charge is 0.231 e. The molecule has 0 aliphatic heterocycles. The normalized spacial score (nSPS) is 10.8. The van der Waals surface area contributed by atoms with Crippen LogP contribution in [0.2, 0.25) is 0 Å². The first-order chi connectivity index (χ1) is 10.8. The number of fused-ring (bicyclic) bond motifs is 1. The van der Waals surface area contributed by atoms with Gasteiger partial charge in [-0.3, -0.25) is 0 Å². The fourth-order valence-electron chi connectivity index (χ4n) is 2.21. The van der Waals surface area contributed by atoms with Crippen molar-refractivity contribution in [3.63, 3.8) is 0 Å². The number of methoxy groups -OCH3 is 1. The van der Waals surface area contributed by atoms with Crippen LogP contribution in [0.5, 0.6) is 11.6 Å². The highest BCUT2D eigenvalue weighted by molar-refractivity contribution is 5.63. The van der Waals surface area contributed by atoms with Crippen LogP contribution in [0.3, 0.4) is 0 Å². The minimum absolute atomic E-state index is 0.619. The number of imidazole rings is 1. The van der Waals surface area contributed by atoms with Crippen molar-refractivity contribution in [1.82, 2.24) is 14.6 Å². The first-order valence-electron chi connectivity index (χ1n) is 7.44. The molecular formula is C17H19N3O2. The van der Waals surface area contributed by atoms with E-state index in [1.54, 1.807) is 7.11 Å². The number of hydrogen-bond donors (Lipinski definition) is 0. The first kappa shape index (κ1) is 14.4. The van der Waals surface area contributed by atoms with Crippen LogP contribution >= 0.6 is 0 Å². The molecule has 0 radical (unpaired) electrons. The second kappa shape index (κ2) is 6.47. The maximum absolute atomic E-state index is 5.67. The van der Waals surface area contributed by atoms with Gasteiger partial charge in [-0.1, -0.05) is 13.3 Å². The van der Waals surface area contributed by atoms with E-state index in [1.807, 2.05) is 47.1 Å². The minimum Gasteiger partial charge on any atom is -0.497 e. The van der Waals surface area contributed by atoms with E-state index in [2.05, 4.69) is 17.0 Å². The van der Waals surface area contributed by atoms with Gasteiger partial charge in [-0.15, -0.1) is 5.10 Å². The zero-order valence-corrected chi connectivity index (χ0v) is 12.8. The quantitative estimate of drug-likeness (QED) is 0.652. The predicted molar refractivity (Wildman–Crippen MR) is 85.4 cm³/mol. The third kappa shape index (κ3) is 2.88. The molecule has 0 atom stereocenters. The molecule has 2 aromatic heterocycles. The van der Waals surface area contributed by atoms with Crippen molar-refractivity contribution in [1.29, 1.82) is 0 Å². The molecular weight excluding hydrogens is 278 g/mol. The molecule has 114 valence electrons. The third-order valence-electron chi connectivity index (χ3n) is 3.47. The summed E-state index contributed by atoms with van der Waals surface area (Å²) in [6.45, 7) is 2.82. The van der Waals surface area contributed by atoms with E-state index < -0.39 is 0 Å². The fourth-order valence-corrected chi connectivity index (χ4v) is 2.21. The largest absolute Gasteiger partial charge is 0.497 e. The van der Waals surface area contributed by atoms with E-state index in [-0.39, 0.29) is 0 Å². The molecule has 0 unspecified atom stereocenters. The molecule has 0 bridgehead atoms. The summed E-state index contributed by atoms with van der Waals surface area (Å²) in [7, 11) is 1.66. The molecule has 0 spiro atoms. The molecule has 2 heterocycles. The Hall–Kier alpha value is -2.56. The van der Waals surface area contributed by atoms with Gasteiger partial charge in [0.2, 0.25) is 5.88 Å². The van der Waals surface area contributed by atoms with Crippen LogP contribution in [0.15, 0.2) is 42.6 Å². The SMILES string of the molecule is CCCCOc1ccc2ncc(-c3ccc(OC)cc3)n2n1. The molecule has 22 heavy (non-hydrogen) atoms. The molecule has 0 amide bonds. The second-order valence-corrected chi connectivity index (χ2v) is 5.02. The number of benzene rings is 1. The maximum atomic E-state index is 5.67. The summed E-state index contributed by atoms with van der Waals surface area (Å²) in [6, 6.07) is 11.6. The molecule has 0 aliphatic rings. The van der Waals surface area contributed by atoms with Crippen LogP contribution in [0.4, 0.5) is 0 Å². The number of rotatable bonds is 6. The van der Waals surface area contributed by atoms with Gasteiger partial charge in [0, 0.05) is 11.6 Å². The molecule has 5 heteroatoms. The molecule has 5 nitrogen and oxygen atoms in total. The Labute approximate surface area is 129 Å². The molecule has 0 saturated heterocycles. The number of hydrogen-bond acceptors (Lipinski definition) is 4. The Balaban J connectivity index is 1.93. The van der Waals surface area contributed by atoms with Crippen molar-refractivity contribution >= 4 is 5.65 Å². The van der Waals surface area contributed by atoms with Crippen LogP contribution < -0.4 is 9.47 Å². The molecule has 3 aromatic rings. The maximum Gasteiger partial charge on any atom is 0.231 e. The molecule has 0 fully saturated rings. The van der Waals surface area contributed by atoms with Crippen molar-refractivity contribution < 1.29 is 9.47 Å². The van der Waals surface area contributed by atoms with Crippen LogP contribution in [0, 0.1) is 0 Å². The van der Waals surface area contributed by atoms with Gasteiger partial charge in [0.1, 0.15) is 5.75 Å². The lowest BCUT2D eigenvalue weighted by Gasteiger charge is -2.06. The summed E-state index contributed by atoms with van der Waals surface area (Å²) in [4.78, 5) is 4.39. The molecule has 3 rings (SSSR count). The molecule has 0 N–H and O–H groups in total. The van der Waals surface area contributed by atoms with Gasteiger partial charge in [-0.2, -0.15) is 0 Å². The van der Waals surface area contributed by atoms with E-state index in [0.717, 1.165) is 35.5 Å². The highest BCUT2D eigenvalue weighted by atomic mass is 16.5. The van der Waals surface area contributed by atoms with Crippen molar-refractivity contribution in [2.45, 2.75) is 19.8 Å². The summed E-state index contributed by atoms with van der Waals surface area (Å²) < 4.78 is 12.7. The monoisotopic (exact) mass is 297 g/mol. The minimum atomic E-state index is 0.619. The van der Waals surface area contributed by atoms with Crippen molar-refractivity contribution in [3.8, 4) is 22.9 Å². The van der Waals surface area contributed by atoms with Crippen LogP contribution in [0.25, 0.3) is 16.9 Å². The van der Waals surface area contributed by atoms with Crippen molar-refractivity contribution in [2.24, 2.45) is 0 Å². The zero-order chi connectivity index (χ0) is 15.4. The predicted octanol–water partition coefficient (Wildman–Crippen LogP) is 3.58. The van der Waals surface area contributed by atoms with Gasteiger partial charge in [0.05, 0.1) is 25.6 Å². The fraction of sp³-hybridized carbons (Fsp3) is 0.294. The Bertz CT molecular complexity index is 750. The Morgan fingerprint density at radius 1 is 1.09 bits per heavy atom. The summed E-state index contributed by atoms with van der Waals surface area (Å²) in [5.41, 5.74) is 2.76. The number of aromatic nitrogens is 3. The topological polar surface area (TPSA) is 48.7 Å². The van der Waals surface area contributed by atoms with Crippen molar-refractivity contribution in [2.75, 3.05) is 13.7 Å². The lowest BCUT2D eigenvalue weighted by atomic mass is 10.1. The highest BCUT2D eigenvalue weighted by Gasteiger charge is 2.08. The lowest BCUT2D eigenvalue weighted by molar-refractivity contribution is 0.293. The number of nitrogens with zero attached hydrogens (tertiary/aromatic N) is 3. The van der Waals surface area contributed by atoms with Gasteiger partial charge in [-0.05, 0) is 36.8 Å². The molecule has 1 aromatic carbocycles. The number of ether oxygens (including phenoxy) is 2. The summed E-state index contributed by atoms with van der Waals surface area (Å²) in [6.07, 6.45) is 3.94. The average Bonchev–Trinajstić information content (AvgIpc) is 2.98. The van der Waals surface area contributed by atoms with Crippen molar-refractivity contribution in [3.05, 3.63) is 42.6 Å². The van der Waals surface area contributed by atoms with Gasteiger partial charge in [0.15, 0.2) is 5.65 Å². The number of unbranched alkanes of at least 4 members (excludes halogenated alkanes) is 1. The molecule has 0 saturated carbocycles. The van der Waals surface area contributed by atoms with Crippen LogP contribution in [-0.2, 0) is 0 Å². The van der Waals surface area contributed by atoms with E-state index in [4.69, 9.17) is 9.47 Å². The zero-order valence-electron chi connectivity index (χ0n) is 12.8. The van der Waals surface area contributed by atoms with Crippen LogP contribution in [0.1, 0.15) is 19.8 Å². The van der Waals surface area contributed by atoms with Gasteiger partial charge in [0.25, 0.3) is 0 Å². The van der Waals surface area contributed by atoms with E-state index in [0.29, 0.717) is 12.5 Å². The summed E-state index contributed by atoms with van der Waals surface area (Å²) in [5, 5.41) is 4.53. The van der Waals surface area contributed by atoms with Gasteiger partial charge < -0.3 is 9.47 Å². The second-order valence-electron chi connectivity index (χ2n) is 5.02. The van der Waals surface area contributed by atoms with Gasteiger partial charge in [-0.25, -0.2) is 9.50 Å². The Morgan fingerprint density at radius 3 is 2.64 bits per heavy atom. The Morgan fingerprint density at radius 2 is 1.91 bits per heavy atom. The summed E-state index contributed by atoms with van der Waals surface area (Å²) >= 11 is 0. The molecule has 0 aliphatic carbocycles. The third-order valence-corrected chi connectivity index (χ3v) is 3.47. The summed E-state index contributed by atoms with van der Waals surface area (Å²) in [5.74, 6) is 1.45. The van der Waals surface area contributed by atoms with E-state index >= 15 is 0 Å². The van der Waals surface area contributed by atoms with Crippen LogP contribution in [-0.4, -0.2) is 28.3 Å². The van der Waals surface area contributed by atoms with E-state index in [1.165, 1.54) is 0 Å². The van der Waals surface area contributed by atoms with E-state index in [9.17, 15) is 0 Å². The van der Waals surface area contributed by atoms with Gasteiger partial charge >= 0.3 is 0 Å². The first-order valence-corrected chi connectivity index (χ1v) is 7.44.